The molecule has 2 rings (SSSR count). The van der Waals surface area contributed by atoms with Crippen molar-refractivity contribution >= 4 is 5.91 Å². The fourth-order valence-corrected chi connectivity index (χ4v) is 2.84. The van der Waals surface area contributed by atoms with Gasteiger partial charge in [0, 0.05) is 6.42 Å². The third kappa shape index (κ3) is 5.80. The van der Waals surface area contributed by atoms with Crippen LogP contribution in [0.4, 0.5) is 0 Å². The number of hydrogen-bond acceptors (Lipinski definition) is 3. The Balaban J connectivity index is 1.73. The molecule has 2 aromatic rings. The highest BCUT2D eigenvalue weighted by Crippen LogP contribution is 2.28. The Bertz CT molecular complexity index is 695. The van der Waals surface area contributed by atoms with Crippen LogP contribution >= 0.6 is 0 Å². The second-order valence-corrected chi connectivity index (χ2v) is 6.77. The van der Waals surface area contributed by atoms with E-state index in [4.69, 9.17) is 9.47 Å². The highest BCUT2D eigenvalue weighted by molar-refractivity contribution is 5.77. The normalized spacial score (nSPS) is 11.9. The first-order valence-electron chi connectivity index (χ1n) is 9.13. The van der Waals surface area contributed by atoms with Gasteiger partial charge in [-0.3, -0.25) is 4.79 Å². The van der Waals surface area contributed by atoms with Crippen LogP contribution in [0.2, 0.25) is 0 Å². The molecule has 1 unspecified atom stereocenters. The second-order valence-electron chi connectivity index (χ2n) is 6.77. The van der Waals surface area contributed by atoms with Crippen molar-refractivity contribution in [2.45, 2.75) is 39.0 Å². The van der Waals surface area contributed by atoms with Gasteiger partial charge in [0.25, 0.3) is 0 Å². The SMILES string of the molecule is COc1ccccc1C(C)CC(=O)NCCOc1ccc(C(C)C)cc1. The van der Waals surface area contributed by atoms with Crippen LogP contribution in [-0.2, 0) is 4.79 Å². The predicted octanol–water partition coefficient (Wildman–Crippen LogP) is 4.51. The third-order valence-electron chi connectivity index (χ3n) is 4.40. The summed E-state index contributed by atoms with van der Waals surface area (Å²) in [5.74, 6) is 2.26. The molecular weight excluding hydrogens is 326 g/mol. The molecule has 0 spiro atoms. The van der Waals surface area contributed by atoms with Crippen LogP contribution in [0.25, 0.3) is 0 Å². The van der Waals surface area contributed by atoms with Crippen molar-refractivity contribution < 1.29 is 14.3 Å². The molecular formula is C22H29NO3. The average molecular weight is 355 g/mol. The van der Waals surface area contributed by atoms with Gasteiger partial charge in [0.05, 0.1) is 13.7 Å². The fourth-order valence-electron chi connectivity index (χ4n) is 2.84. The summed E-state index contributed by atoms with van der Waals surface area (Å²) in [4.78, 5) is 12.1. The number of hydrogen-bond donors (Lipinski definition) is 1. The lowest BCUT2D eigenvalue weighted by molar-refractivity contribution is -0.121. The maximum atomic E-state index is 12.1. The van der Waals surface area contributed by atoms with Gasteiger partial charge in [-0.15, -0.1) is 0 Å². The van der Waals surface area contributed by atoms with Gasteiger partial charge < -0.3 is 14.8 Å². The molecule has 0 saturated heterocycles. The molecule has 1 atom stereocenters. The van der Waals surface area contributed by atoms with Crippen molar-refractivity contribution in [3.05, 3.63) is 59.7 Å². The van der Waals surface area contributed by atoms with Crippen LogP contribution in [0.3, 0.4) is 0 Å². The van der Waals surface area contributed by atoms with Gasteiger partial charge in [0.2, 0.25) is 5.91 Å². The minimum atomic E-state index is 0.0159. The van der Waals surface area contributed by atoms with E-state index in [1.54, 1.807) is 7.11 Å². The van der Waals surface area contributed by atoms with Gasteiger partial charge in [-0.2, -0.15) is 0 Å². The Morgan fingerprint density at radius 3 is 2.38 bits per heavy atom. The fraction of sp³-hybridized carbons (Fsp3) is 0.409. The predicted molar refractivity (Wildman–Crippen MR) is 105 cm³/mol. The number of ether oxygens (including phenoxy) is 2. The molecule has 26 heavy (non-hydrogen) atoms. The summed E-state index contributed by atoms with van der Waals surface area (Å²) in [6.07, 6.45) is 0.420. The number of rotatable bonds is 9. The molecule has 140 valence electrons. The Morgan fingerprint density at radius 1 is 1.04 bits per heavy atom. The van der Waals surface area contributed by atoms with E-state index in [1.165, 1.54) is 5.56 Å². The maximum absolute atomic E-state index is 12.1. The van der Waals surface area contributed by atoms with E-state index >= 15 is 0 Å². The summed E-state index contributed by atoms with van der Waals surface area (Å²) in [6, 6.07) is 15.9. The Labute approximate surface area is 156 Å². The number of amides is 1. The van der Waals surface area contributed by atoms with Crippen molar-refractivity contribution in [2.24, 2.45) is 0 Å². The molecule has 0 bridgehead atoms. The molecule has 1 amide bonds. The monoisotopic (exact) mass is 355 g/mol. The summed E-state index contributed by atoms with van der Waals surface area (Å²) in [5.41, 5.74) is 2.34. The Kier molecular flexibility index (Phi) is 7.52. The molecule has 4 heteroatoms. The Morgan fingerprint density at radius 2 is 1.73 bits per heavy atom. The zero-order chi connectivity index (χ0) is 18.9. The smallest absolute Gasteiger partial charge is 0.220 e. The molecule has 0 aromatic heterocycles. The van der Waals surface area contributed by atoms with E-state index in [1.807, 2.05) is 43.3 Å². The highest BCUT2D eigenvalue weighted by atomic mass is 16.5. The summed E-state index contributed by atoms with van der Waals surface area (Å²) in [7, 11) is 1.65. The summed E-state index contributed by atoms with van der Waals surface area (Å²) in [6.45, 7) is 7.30. The molecule has 2 aromatic carbocycles. The first-order valence-corrected chi connectivity index (χ1v) is 9.13. The van der Waals surface area contributed by atoms with Crippen LogP contribution in [0.5, 0.6) is 11.5 Å². The molecule has 0 aliphatic heterocycles. The number of carbonyl (C=O) groups excluding carboxylic acids is 1. The van der Waals surface area contributed by atoms with E-state index in [2.05, 4.69) is 31.3 Å². The third-order valence-corrected chi connectivity index (χ3v) is 4.40. The molecule has 4 nitrogen and oxygen atoms in total. The quantitative estimate of drug-likeness (QED) is 0.673. The summed E-state index contributed by atoms with van der Waals surface area (Å²) in [5, 5.41) is 2.92. The van der Waals surface area contributed by atoms with Crippen LogP contribution in [0, 0.1) is 0 Å². The van der Waals surface area contributed by atoms with Gasteiger partial charge >= 0.3 is 0 Å². The van der Waals surface area contributed by atoms with Gasteiger partial charge in [0.1, 0.15) is 18.1 Å². The molecule has 0 saturated carbocycles. The van der Waals surface area contributed by atoms with Crippen LogP contribution in [-0.4, -0.2) is 26.2 Å². The van der Waals surface area contributed by atoms with Gasteiger partial charge in [-0.1, -0.05) is 51.1 Å². The van der Waals surface area contributed by atoms with Crippen molar-refractivity contribution in [2.75, 3.05) is 20.3 Å². The minimum absolute atomic E-state index is 0.0159. The zero-order valence-electron chi connectivity index (χ0n) is 16.1. The van der Waals surface area contributed by atoms with E-state index in [-0.39, 0.29) is 11.8 Å². The van der Waals surface area contributed by atoms with Gasteiger partial charge in [0.15, 0.2) is 0 Å². The molecule has 0 fully saturated rings. The van der Waals surface area contributed by atoms with Crippen molar-refractivity contribution in [1.82, 2.24) is 5.32 Å². The maximum Gasteiger partial charge on any atom is 0.220 e. The number of nitrogens with one attached hydrogen (secondary N) is 1. The van der Waals surface area contributed by atoms with Gasteiger partial charge in [-0.25, -0.2) is 0 Å². The lowest BCUT2D eigenvalue weighted by Gasteiger charge is -2.15. The first-order chi connectivity index (χ1) is 12.5. The lowest BCUT2D eigenvalue weighted by Crippen LogP contribution is -2.29. The Hall–Kier alpha value is -2.49. The van der Waals surface area contributed by atoms with Gasteiger partial charge in [-0.05, 0) is 41.2 Å². The zero-order valence-corrected chi connectivity index (χ0v) is 16.1. The minimum Gasteiger partial charge on any atom is -0.496 e. The average Bonchev–Trinajstić information content (AvgIpc) is 2.65. The van der Waals surface area contributed by atoms with E-state index < -0.39 is 0 Å². The van der Waals surface area contributed by atoms with Crippen LogP contribution < -0.4 is 14.8 Å². The lowest BCUT2D eigenvalue weighted by atomic mass is 9.96. The summed E-state index contributed by atoms with van der Waals surface area (Å²) < 4.78 is 11.0. The molecule has 1 N–H and O–H groups in total. The molecule has 0 aliphatic carbocycles. The topological polar surface area (TPSA) is 47.6 Å². The largest absolute Gasteiger partial charge is 0.496 e. The van der Waals surface area contributed by atoms with Crippen molar-refractivity contribution in [1.29, 1.82) is 0 Å². The second kappa shape index (κ2) is 9.85. The van der Waals surface area contributed by atoms with E-state index in [0.29, 0.717) is 25.5 Å². The summed E-state index contributed by atoms with van der Waals surface area (Å²) >= 11 is 0. The number of para-hydroxylation sites is 1. The van der Waals surface area contributed by atoms with Crippen molar-refractivity contribution in [3.8, 4) is 11.5 Å². The standard InChI is InChI=1S/C22H29NO3/c1-16(2)18-9-11-19(12-10-18)26-14-13-23-22(24)15-17(3)20-7-5-6-8-21(20)25-4/h5-12,16-17H,13-15H2,1-4H3,(H,23,24). The number of benzene rings is 2. The van der Waals surface area contributed by atoms with Crippen molar-refractivity contribution in [3.63, 3.8) is 0 Å². The van der Waals surface area contributed by atoms with Crippen LogP contribution in [0.1, 0.15) is 50.2 Å². The molecule has 0 heterocycles. The van der Waals surface area contributed by atoms with E-state index in [0.717, 1.165) is 17.1 Å². The first kappa shape index (κ1) is 19.8. The van der Waals surface area contributed by atoms with E-state index in [9.17, 15) is 4.79 Å². The molecule has 0 aliphatic rings. The number of carbonyl (C=O) groups is 1. The molecule has 0 radical (unpaired) electrons. The van der Waals surface area contributed by atoms with Crippen LogP contribution in [0.15, 0.2) is 48.5 Å². The highest BCUT2D eigenvalue weighted by Gasteiger charge is 2.14. The number of methoxy groups -OCH3 is 1.